The molecular formula is C16H19NO2S. The third kappa shape index (κ3) is 3.68. The molecule has 3 nitrogen and oxygen atoms in total. The molecule has 2 N–H and O–H groups in total. The van der Waals surface area contributed by atoms with Gasteiger partial charge in [-0.2, -0.15) is 0 Å². The fraction of sp³-hybridized carbons (Fsp3) is 0.250. The molecule has 0 saturated heterocycles. The van der Waals surface area contributed by atoms with Gasteiger partial charge >= 0.3 is 0 Å². The lowest BCUT2D eigenvalue weighted by Crippen LogP contribution is -2.14. The molecule has 0 spiro atoms. The van der Waals surface area contributed by atoms with Crippen molar-refractivity contribution in [2.24, 2.45) is 5.14 Å². The number of hydrogen-bond acceptors (Lipinski definition) is 2. The summed E-state index contributed by atoms with van der Waals surface area (Å²) in [6, 6.07) is 15.1. The predicted molar refractivity (Wildman–Crippen MR) is 81.1 cm³/mol. The molecule has 0 atom stereocenters. The van der Waals surface area contributed by atoms with Gasteiger partial charge in [0.05, 0.1) is 4.90 Å². The lowest BCUT2D eigenvalue weighted by molar-refractivity contribution is 0.597. The van der Waals surface area contributed by atoms with Crippen molar-refractivity contribution in [3.63, 3.8) is 0 Å². The Balaban J connectivity index is 2.33. The second-order valence-corrected chi connectivity index (χ2v) is 6.43. The molecule has 0 fully saturated rings. The van der Waals surface area contributed by atoms with Crippen molar-refractivity contribution in [2.75, 3.05) is 0 Å². The van der Waals surface area contributed by atoms with Crippen LogP contribution in [0.25, 0.3) is 0 Å². The van der Waals surface area contributed by atoms with Gasteiger partial charge in [-0.05, 0) is 35.6 Å². The van der Waals surface area contributed by atoms with Gasteiger partial charge in [0.25, 0.3) is 0 Å². The van der Waals surface area contributed by atoms with Gasteiger partial charge in [0.1, 0.15) is 0 Å². The first-order chi connectivity index (χ1) is 9.50. The molecule has 20 heavy (non-hydrogen) atoms. The van der Waals surface area contributed by atoms with Crippen molar-refractivity contribution in [3.8, 4) is 0 Å². The minimum absolute atomic E-state index is 0.209. The van der Waals surface area contributed by atoms with Crippen LogP contribution in [0.1, 0.15) is 30.0 Å². The molecule has 2 aromatic carbocycles. The monoisotopic (exact) mass is 289 g/mol. The molecule has 0 aromatic heterocycles. The Kier molecular flexibility index (Phi) is 4.57. The molecule has 0 amide bonds. The molecule has 0 radical (unpaired) electrons. The van der Waals surface area contributed by atoms with E-state index in [4.69, 9.17) is 5.14 Å². The first-order valence-electron chi connectivity index (χ1n) is 6.69. The van der Waals surface area contributed by atoms with Gasteiger partial charge in [0.2, 0.25) is 10.0 Å². The highest BCUT2D eigenvalue weighted by Gasteiger charge is 2.13. The van der Waals surface area contributed by atoms with Crippen LogP contribution in [0.4, 0.5) is 0 Å². The molecule has 0 unspecified atom stereocenters. The summed E-state index contributed by atoms with van der Waals surface area (Å²) in [7, 11) is -3.67. The summed E-state index contributed by atoms with van der Waals surface area (Å²) in [5.74, 6) is 0. The lowest BCUT2D eigenvalue weighted by atomic mass is 10.0. The van der Waals surface area contributed by atoms with Crippen LogP contribution in [0, 0.1) is 0 Å². The maximum atomic E-state index is 11.6. The summed E-state index contributed by atoms with van der Waals surface area (Å²) in [5.41, 5.74) is 3.12. The third-order valence-electron chi connectivity index (χ3n) is 3.20. The highest BCUT2D eigenvalue weighted by molar-refractivity contribution is 7.89. The zero-order chi connectivity index (χ0) is 14.6. The first kappa shape index (κ1) is 14.8. The summed E-state index contributed by atoms with van der Waals surface area (Å²) in [6.07, 6.45) is 2.70. The summed E-state index contributed by atoms with van der Waals surface area (Å²) >= 11 is 0. The van der Waals surface area contributed by atoms with Crippen molar-refractivity contribution in [3.05, 3.63) is 65.2 Å². The number of hydrogen-bond donors (Lipinski definition) is 1. The van der Waals surface area contributed by atoms with E-state index in [1.54, 1.807) is 12.1 Å². The molecule has 2 aromatic rings. The number of benzene rings is 2. The van der Waals surface area contributed by atoms with E-state index in [0.29, 0.717) is 6.42 Å². The minimum atomic E-state index is -3.67. The molecule has 0 aliphatic heterocycles. The number of rotatable bonds is 5. The zero-order valence-corrected chi connectivity index (χ0v) is 12.4. The van der Waals surface area contributed by atoms with Crippen LogP contribution in [0.3, 0.4) is 0 Å². The van der Waals surface area contributed by atoms with Crippen molar-refractivity contribution in [1.29, 1.82) is 0 Å². The summed E-state index contributed by atoms with van der Waals surface area (Å²) in [6.45, 7) is 2.14. The van der Waals surface area contributed by atoms with E-state index < -0.39 is 10.0 Å². The molecule has 0 aliphatic rings. The zero-order valence-electron chi connectivity index (χ0n) is 11.5. The Morgan fingerprint density at radius 2 is 1.70 bits per heavy atom. The maximum absolute atomic E-state index is 11.6. The number of nitrogens with two attached hydrogens (primary N) is 1. The SMILES string of the molecule is CCCc1cccc(Cc2ccccc2S(N)(=O)=O)c1. The van der Waals surface area contributed by atoms with Crippen LogP contribution in [0.5, 0.6) is 0 Å². The molecule has 106 valence electrons. The highest BCUT2D eigenvalue weighted by Crippen LogP contribution is 2.19. The number of primary sulfonamides is 1. The summed E-state index contributed by atoms with van der Waals surface area (Å²) < 4.78 is 23.2. The number of sulfonamides is 1. The van der Waals surface area contributed by atoms with E-state index >= 15 is 0 Å². The van der Waals surface area contributed by atoms with Crippen LogP contribution in [-0.4, -0.2) is 8.42 Å². The van der Waals surface area contributed by atoms with Gasteiger partial charge in [-0.15, -0.1) is 0 Å². The van der Waals surface area contributed by atoms with E-state index in [2.05, 4.69) is 19.1 Å². The van der Waals surface area contributed by atoms with E-state index in [1.807, 2.05) is 24.3 Å². The Morgan fingerprint density at radius 1 is 1.00 bits per heavy atom. The van der Waals surface area contributed by atoms with E-state index in [0.717, 1.165) is 24.0 Å². The average Bonchev–Trinajstić information content (AvgIpc) is 2.39. The van der Waals surface area contributed by atoms with Crippen molar-refractivity contribution >= 4 is 10.0 Å². The fourth-order valence-corrected chi connectivity index (χ4v) is 3.11. The van der Waals surface area contributed by atoms with Gasteiger partial charge in [-0.25, -0.2) is 13.6 Å². The number of aryl methyl sites for hydroxylation is 1. The molecule has 0 bridgehead atoms. The molecular weight excluding hydrogens is 270 g/mol. The molecule has 0 aliphatic carbocycles. The normalized spacial score (nSPS) is 11.5. The van der Waals surface area contributed by atoms with Crippen LogP contribution < -0.4 is 5.14 Å². The summed E-state index contributed by atoms with van der Waals surface area (Å²) in [5, 5.41) is 5.26. The van der Waals surface area contributed by atoms with Gasteiger partial charge in [0.15, 0.2) is 0 Å². The maximum Gasteiger partial charge on any atom is 0.238 e. The lowest BCUT2D eigenvalue weighted by Gasteiger charge is -2.09. The molecule has 0 saturated carbocycles. The Morgan fingerprint density at radius 3 is 2.40 bits per heavy atom. The van der Waals surface area contributed by atoms with Crippen LogP contribution >= 0.6 is 0 Å². The van der Waals surface area contributed by atoms with Crippen molar-refractivity contribution < 1.29 is 8.42 Å². The van der Waals surface area contributed by atoms with Crippen LogP contribution in [0.2, 0.25) is 0 Å². The Bertz CT molecular complexity index is 693. The average molecular weight is 289 g/mol. The van der Waals surface area contributed by atoms with Gasteiger partial charge < -0.3 is 0 Å². The Hall–Kier alpha value is -1.65. The standard InChI is InChI=1S/C16H19NO2S/c1-2-6-13-7-5-8-14(11-13)12-15-9-3-4-10-16(15)20(17,18)19/h3-5,7-11H,2,6,12H2,1H3,(H2,17,18,19). The smallest absolute Gasteiger partial charge is 0.225 e. The van der Waals surface area contributed by atoms with Gasteiger partial charge in [-0.1, -0.05) is 55.8 Å². The van der Waals surface area contributed by atoms with E-state index in [1.165, 1.54) is 5.56 Å². The van der Waals surface area contributed by atoms with E-state index in [9.17, 15) is 8.42 Å². The van der Waals surface area contributed by atoms with E-state index in [-0.39, 0.29) is 4.90 Å². The van der Waals surface area contributed by atoms with Crippen LogP contribution in [-0.2, 0) is 22.9 Å². The third-order valence-corrected chi connectivity index (χ3v) is 4.22. The highest BCUT2D eigenvalue weighted by atomic mass is 32.2. The predicted octanol–water partition coefficient (Wildman–Crippen LogP) is 2.88. The van der Waals surface area contributed by atoms with Crippen molar-refractivity contribution in [1.82, 2.24) is 0 Å². The fourth-order valence-electron chi connectivity index (χ4n) is 2.33. The first-order valence-corrected chi connectivity index (χ1v) is 8.24. The molecule has 0 heterocycles. The van der Waals surface area contributed by atoms with Crippen LogP contribution in [0.15, 0.2) is 53.4 Å². The molecule has 4 heteroatoms. The molecule has 2 rings (SSSR count). The second kappa shape index (κ2) is 6.20. The van der Waals surface area contributed by atoms with Gasteiger partial charge in [-0.3, -0.25) is 0 Å². The second-order valence-electron chi connectivity index (χ2n) is 4.90. The van der Waals surface area contributed by atoms with Gasteiger partial charge in [0, 0.05) is 0 Å². The Labute approximate surface area is 120 Å². The minimum Gasteiger partial charge on any atom is -0.225 e. The summed E-state index contributed by atoms with van der Waals surface area (Å²) in [4.78, 5) is 0.209. The van der Waals surface area contributed by atoms with Crippen molar-refractivity contribution in [2.45, 2.75) is 31.1 Å². The topological polar surface area (TPSA) is 60.2 Å². The largest absolute Gasteiger partial charge is 0.238 e. The quantitative estimate of drug-likeness (QED) is 0.920.